The zero-order chi connectivity index (χ0) is 19.6. The Morgan fingerprint density at radius 2 is 1.58 bits per heavy atom. The van der Waals surface area contributed by atoms with Gasteiger partial charge in [0.1, 0.15) is 0 Å². The van der Waals surface area contributed by atoms with Crippen LogP contribution in [0.5, 0.6) is 0 Å². The molecule has 0 aromatic heterocycles. The van der Waals surface area contributed by atoms with Crippen molar-refractivity contribution >= 4 is 39.3 Å². The van der Waals surface area contributed by atoms with Gasteiger partial charge in [0, 0.05) is 19.2 Å². The van der Waals surface area contributed by atoms with E-state index in [-0.39, 0.29) is 12.1 Å². The Labute approximate surface area is 151 Å². The summed E-state index contributed by atoms with van der Waals surface area (Å²) in [6, 6.07) is 4.88. The van der Waals surface area contributed by atoms with Crippen LogP contribution in [0, 0.1) is 0 Å². The van der Waals surface area contributed by atoms with Crippen LogP contribution >= 0.6 is 0 Å². The molecule has 0 radical (unpaired) electrons. The lowest BCUT2D eigenvalue weighted by molar-refractivity contribution is -0.143. The number of amides is 4. The average molecular weight is 381 g/mol. The zero-order valence-corrected chi connectivity index (χ0v) is 15.4. The lowest BCUT2D eigenvalue weighted by Gasteiger charge is -2.17. The van der Waals surface area contributed by atoms with Crippen molar-refractivity contribution in [2.75, 3.05) is 30.7 Å². The number of sulfonamides is 1. The van der Waals surface area contributed by atoms with E-state index in [0.29, 0.717) is 17.0 Å². The lowest BCUT2D eigenvalue weighted by atomic mass is 10.1. The van der Waals surface area contributed by atoms with E-state index in [1.54, 1.807) is 6.92 Å². The molecule has 0 atom stereocenters. The second-order valence-electron chi connectivity index (χ2n) is 5.83. The first-order valence-corrected chi connectivity index (χ1v) is 9.67. The predicted octanol–water partition coefficient (Wildman–Crippen LogP) is 0.466. The van der Waals surface area contributed by atoms with Gasteiger partial charge in [0.2, 0.25) is 10.0 Å². The fraction of sp³-hybridized carbons (Fsp3) is 0.375. The first-order chi connectivity index (χ1) is 12.1. The van der Waals surface area contributed by atoms with E-state index < -0.39 is 40.2 Å². The maximum absolute atomic E-state index is 12.3. The molecular weight excluding hydrogens is 362 g/mol. The van der Waals surface area contributed by atoms with Crippen LogP contribution < -0.4 is 4.31 Å². The lowest BCUT2D eigenvalue weighted by Crippen LogP contribution is -2.37. The topological polar surface area (TPSA) is 112 Å². The Kier molecular flexibility index (Phi) is 5.45. The Bertz CT molecular complexity index is 862. The van der Waals surface area contributed by atoms with Crippen molar-refractivity contribution in [1.29, 1.82) is 0 Å². The molecule has 0 saturated carbocycles. The summed E-state index contributed by atoms with van der Waals surface area (Å²) in [5, 5.41) is 0. The molecule has 0 aliphatic carbocycles. The summed E-state index contributed by atoms with van der Waals surface area (Å²) in [6.45, 7) is 1.32. The highest BCUT2D eigenvalue weighted by molar-refractivity contribution is 7.92. The molecule has 0 unspecified atom stereocenters. The summed E-state index contributed by atoms with van der Waals surface area (Å²) in [7, 11) is -2.06. The number of Topliss-reactive ketones (excluding diaryl/α,β-unsaturated/α-hetero) is 1. The molecule has 26 heavy (non-hydrogen) atoms. The Hall–Kier alpha value is -2.75. The predicted molar refractivity (Wildman–Crippen MR) is 93.1 cm³/mol. The van der Waals surface area contributed by atoms with Gasteiger partial charge in [-0.1, -0.05) is 6.92 Å². The van der Waals surface area contributed by atoms with Gasteiger partial charge in [-0.2, -0.15) is 0 Å². The van der Waals surface area contributed by atoms with E-state index in [1.807, 2.05) is 0 Å². The Morgan fingerprint density at radius 3 is 2.08 bits per heavy atom. The number of imide groups is 2. The summed E-state index contributed by atoms with van der Waals surface area (Å²) in [5.41, 5.74) is 0.555. The highest BCUT2D eigenvalue weighted by Gasteiger charge is 2.44. The minimum absolute atomic E-state index is 0.112. The summed E-state index contributed by atoms with van der Waals surface area (Å²) >= 11 is 0. The van der Waals surface area contributed by atoms with Crippen LogP contribution in [0.2, 0.25) is 0 Å². The van der Waals surface area contributed by atoms with Crippen molar-refractivity contribution in [1.82, 2.24) is 9.80 Å². The van der Waals surface area contributed by atoms with Crippen LogP contribution in [0.4, 0.5) is 10.5 Å². The molecule has 1 aliphatic heterocycles. The maximum Gasteiger partial charge on any atom is 0.334 e. The van der Waals surface area contributed by atoms with E-state index >= 15 is 0 Å². The van der Waals surface area contributed by atoms with Crippen LogP contribution in [-0.2, 0) is 19.6 Å². The molecule has 1 aromatic rings. The van der Waals surface area contributed by atoms with E-state index in [1.165, 1.54) is 31.3 Å². The van der Waals surface area contributed by atoms with Gasteiger partial charge in [0.05, 0.1) is 18.5 Å². The first-order valence-electron chi connectivity index (χ1n) is 7.82. The third kappa shape index (κ3) is 3.74. The minimum Gasteiger partial charge on any atom is -0.292 e. The van der Waals surface area contributed by atoms with Gasteiger partial charge >= 0.3 is 17.8 Å². The molecule has 10 heteroatoms. The summed E-state index contributed by atoms with van der Waals surface area (Å²) < 4.78 is 24.1. The molecule has 2 rings (SSSR count). The smallest absolute Gasteiger partial charge is 0.292 e. The van der Waals surface area contributed by atoms with Gasteiger partial charge in [0.15, 0.2) is 5.78 Å². The summed E-state index contributed by atoms with van der Waals surface area (Å²) in [4.78, 5) is 49.6. The number of urea groups is 1. The molecule has 9 nitrogen and oxygen atoms in total. The first kappa shape index (κ1) is 19.6. The largest absolute Gasteiger partial charge is 0.334 e. The standard InChI is InChI=1S/C16H19N3O6S/c1-4-9-18-14(21)15(22)19(16(18)23)10-13(20)11-5-7-12(8-6-11)17(2)26(3,24)25/h5-8H,4,9-10H2,1-3H3. The Morgan fingerprint density at radius 1 is 1.04 bits per heavy atom. The van der Waals surface area contributed by atoms with E-state index in [4.69, 9.17) is 0 Å². The third-order valence-electron chi connectivity index (χ3n) is 3.93. The molecule has 1 aliphatic rings. The number of carbonyl (C=O) groups is 4. The normalized spacial score (nSPS) is 15.0. The number of hydrogen-bond acceptors (Lipinski definition) is 6. The van der Waals surface area contributed by atoms with Gasteiger partial charge in [-0.3, -0.25) is 23.6 Å². The van der Waals surface area contributed by atoms with Crippen LogP contribution in [0.3, 0.4) is 0 Å². The monoisotopic (exact) mass is 381 g/mol. The van der Waals surface area contributed by atoms with Crippen molar-refractivity contribution in [2.24, 2.45) is 0 Å². The van der Waals surface area contributed by atoms with E-state index in [9.17, 15) is 27.6 Å². The van der Waals surface area contributed by atoms with Gasteiger partial charge in [-0.15, -0.1) is 0 Å². The van der Waals surface area contributed by atoms with Gasteiger partial charge in [-0.05, 0) is 30.7 Å². The van der Waals surface area contributed by atoms with E-state index in [0.717, 1.165) is 15.5 Å². The number of rotatable bonds is 7. The SMILES string of the molecule is CCCN1C(=O)C(=O)N(CC(=O)c2ccc(N(C)S(C)(=O)=O)cc2)C1=O. The molecular formula is C16H19N3O6S. The molecule has 1 saturated heterocycles. The molecule has 0 bridgehead atoms. The van der Waals surface area contributed by atoms with Crippen LogP contribution in [0.15, 0.2) is 24.3 Å². The number of benzene rings is 1. The van der Waals surface area contributed by atoms with Crippen molar-refractivity contribution in [3.05, 3.63) is 29.8 Å². The molecule has 140 valence electrons. The fourth-order valence-corrected chi connectivity index (χ4v) is 2.90. The number of ketones is 1. The Balaban J connectivity index is 2.14. The van der Waals surface area contributed by atoms with Gasteiger partial charge < -0.3 is 0 Å². The van der Waals surface area contributed by atoms with Crippen molar-refractivity contribution < 1.29 is 27.6 Å². The fourth-order valence-electron chi connectivity index (χ4n) is 2.39. The van der Waals surface area contributed by atoms with Gasteiger partial charge in [0.25, 0.3) is 0 Å². The van der Waals surface area contributed by atoms with Crippen LogP contribution in [0.1, 0.15) is 23.7 Å². The van der Waals surface area contributed by atoms with Crippen molar-refractivity contribution in [3.63, 3.8) is 0 Å². The molecule has 1 fully saturated rings. The quantitative estimate of drug-likeness (QED) is 0.385. The number of carbonyl (C=O) groups excluding carboxylic acids is 4. The second kappa shape index (κ2) is 7.24. The molecule has 0 N–H and O–H groups in total. The third-order valence-corrected chi connectivity index (χ3v) is 5.14. The summed E-state index contributed by atoms with van der Waals surface area (Å²) in [5.74, 6) is -2.49. The van der Waals surface area contributed by atoms with E-state index in [2.05, 4.69) is 0 Å². The number of hydrogen-bond donors (Lipinski definition) is 0. The number of nitrogens with zero attached hydrogens (tertiary/aromatic N) is 3. The average Bonchev–Trinajstić information content (AvgIpc) is 2.78. The van der Waals surface area contributed by atoms with Crippen molar-refractivity contribution in [3.8, 4) is 0 Å². The second-order valence-corrected chi connectivity index (χ2v) is 7.84. The van der Waals surface area contributed by atoms with Crippen LogP contribution in [-0.4, -0.2) is 68.2 Å². The minimum atomic E-state index is -3.43. The molecule has 1 heterocycles. The highest BCUT2D eigenvalue weighted by Crippen LogP contribution is 2.18. The van der Waals surface area contributed by atoms with Crippen molar-refractivity contribution in [2.45, 2.75) is 13.3 Å². The number of anilines is 1. The zero-order valence-electron chi connectivity index (χ0n) is 14.6. The highest BCUT2D eigenvalue weighted by atomic mass is 32.2. The summed E-state index contributed by atoms with van der Waals surface area (Å²) in [6.07, 6.45) is 1.55. The molecule has 1 aromatic carbocycles. The maximum atomic E-state index is 12.3. The molecule has 4 amide bonds. The van der Waals surface area contributed by atoms with Crippen LogP contribution in [0.25, 0.3) is 0 Å². The van der Waals surface area contributed by atoms with Gasteiger partial charge in [-0.25, -0.2) is 18.1 Å². The molecule has 0 spiro atoms.